The summed E-state index contributed by atoms with van der Waals surface area (Å²) in [6.07, 6.45) is 1.72. The summed E-state index contributed by atoms with van der Waals surface area (Å²) >= 11 is 3.31. The van der Waals surface area contributed by atoms with Crippen LogP contribution in [0.25, 0.3) is 0 Å². The molecule has 5 nitrogen and oxygen atoms in total. The zero-order chi connectivity index (χ0) is 17.2. The molecule has 2 aromatic carbocycles. The normalized spacial score (nSPS) is 14.4. The second-order valence-electron chi connectivity index (χ2n) is 5.71. The number of hydrogen-bond acceptors (Lipinski definition) is 3. The van der Waals surface area contributed by atoms with Crippen LogP contribution in [0, 0.1) is 0 Å². The van der Waals surface area contributed by atoms with Crippen LogP contribution in [0.1, 0.15) is 28.8 Å². The van der Waals surface area contributed by atoms with E-state index in [0.717, 1.165) is 18.4 Å². The van der Waals surface area contributed by atoms with E-state index >= 15 is 0 Å². The van der Waals surface area contributed by atoms with Gasteiger partial charge < -0.3 is 5.32 Å². The van der Waals surface area contributed by atoms with E-state index in [1.807, 2.05) is 30.3 Å². The van der Waals surface area contributed by atoms with Crippen LogP contribution < -0.4 is 10.0 Å². The Morgan fingerprint density at radius 2 is 1.83 bits per heavy atom. The summed E-state index contributed by atoms with van der Waals surface area (Å²) in [5.74, 6) is -0.325. The Morgan fingerprint density at radius 1 is 1.12 bits per heavy atom. The molecule has 2 aromatic rings. The second-order valence-corrected chi connectivity index (χ2v) is 8.27. The van der Waals surface area contributed by atoms with E-state index in [-0.39, 0.29) is 16.8 Å². The van der Waals surface area contributed by atoms with Crippen LogP contribution in [-0.2, 0) is 16.6 Å². The number of carbonyl (C=O) groups is 1. The first kappa shape index (κ1) is 17.1. The van der Waals surface area contributed by atoms with E-state index in [9.17, 15) is 13.2 Å². The zero-order valence-corrected chi connectivity index (χ0v) is 15.2. The first-order valence-electron chi connectivity index (χ1n) is 7.60. The first-order chi connectivity index (χ1) is 11.5. The van der Waals surface area contributed by atoms with Crippen LogP contribution >= 0.6 is 15.9 Å². The minimum Gasteiger partial charge on any atom is -0.348 e. The number of rotatable bonds is 6. The Bertz CT molecular complexity index is 849. The molecule has 0 saturated heterocycles. The molecule has 0 aromatic heterocycles. The average molecular weight is 409 g/mol. The molecule has 1 fully saturated rings. The van der Waals surface area contributed by atoms with E-state index < -0.39 is 10.0 Å². The predicted octanol–water partition coefficient (Wildman–Crippen LogP) is 2.82. The van der Waals surface area contributed by atoms with Gasteiger partial charge in [0, 0.05) is 17.1 Å². The molecule has 126 valence electrons. The van der Waals surface area contributed by atoms with Gasteiger partial charge in [0.2, 0.25) is 10.0 Å². The first-order valence-corrected chi connectivity index (χ1v) is 9.87. The molecule has 0 bridgehead atoms. The lowest BCUT2D eigenvalue weighted by Gasteiger charge is -2.10. The Labute approximate surface area is 149 Å². The fraction of sp³-hybridized carbons (Fsp3) is 0.235. The van der Waals surface area contributed by atoms with E-state index in [1.165, 1.54) is 12.1 Å². The van der Waals surface area contributed by atoms with Crippen molar-refractivity contribution >= 4 is 31.9 Å². The van der Waals surface area contributed by atoms with Crippen molar-refractivity contribution in [2.24, 2.45) is 0 Å². The van der Waals surface area contributed by atoms with Crippen LogP contribution in [0.2, 0.25) is 0 Å². The smallest absolute Gasteiger partial charge is 0.252 e. The molecule has 1 aliphatic rings. The summed E-state index contributed by atoms with van der Waals surface area (Å²) in [6.45, 7) is 0.378. The third-order valence-electron chi connectivity index (χ3n) is 3.69. The summed E-state index contributed by atoms with van der Waals surface area (Å²) in [6, 6.07) is 14.0. The lowest BCUT2D eigenvalue weighted by atomic mass is 10.2. The van der Waals surface area contributed by atoms with Crippen molar-refractivity contribution in [3.8, 4) is 0 Å². The average Bonchev–Trinajstić information content (AvgIpc) is 3.37. The van der Waals surface area contributed by atoms with E-state index in [2.05, 4.69) is 26.0 Å². The van der Waals surface area contributed by atoms with Gasteiger partial charge in [-0.1, -0.05) is 30.3 Å². The molecule has 1 saturated carbocycles. The lowest BCUT2D eigenvalue weighted by molar-refractivity contribution is 0.0950. The summed E-state index contributed by atoms with van der Waals surface area (Å²) in [4.78, 5) is 12.5. The fourth-order valence-electron chi connectivity index (χ4n) is 2.21. The molecule has 0 spiro atoms. The number of benzene rings is 2. The van der Waals surface area contributed by atoms with Gasteiger partial charge in [-0.2, -0.15) is 0 Å². The maximum atomic E-state index is 12.4. The summed E-state index contributed by atoms with van der Waals surface area (Å²) < 4.78 is 27.7. The van der Waals surface area contributed by atoms with Gasteiger partial charge in [0.25, 0.3) is 5.91 Å². The van der Waals surface area contributed by atoms with Crippen LogP contribution in [0.15, 0.2) is 57.9 Å². The summed E-state index contributed by atoms with van der Waals surface area (Å²) in [7, 11) is -3.59. The van der Waals surface area contributed by atoms with Crippen molar-refractivity contribution in [1.82, 2.24) is 10.0 Å². The highest BCUT2D eigenvalue weighted by Crippen LogP contribution is 2.25. The molecule has 3 rings (SSSR count). The molecular formula is C17H17BrN2O3S. The van der Waals surface area contributed by atoms with Gasteiger partial charge in [0.1, 0.15) is 0 Å². The summed E-state index contributed by atoms with van der Waals surface area (Å²) in [5.41, 5.74) is 1.27. The standard InChI is InChI=1S/C17H17BrN2O3S/c18-16-9-8-14(24(22,23)20-13-6-7-13)10-15(16)17(21)19-11-12-4-2-1-3-5-12/h1-5,8-10,13,20H,6-7,11H2,(H,19,21). The topological polar surface area (TPSA) is 75.3 Å². The molecule has 0 atom stereocenters. The quantitative estimate of drug-likeness (QED) is 0.771. The number of sulfonamides is 1. The van der Waals surface area contributed by atoms with Gasteiger partial charge in [-0.05, 0) is 52.5 Å². The Kier molecular flexibility index (Phi) is 5.03. The molecule has 0 aliphatic heterocycles. The van der Waals surface area contributed by atoms with E-state index in [1.54, 1.807) is 6.07 Å². The minimum absolute atomic E-state index is 0.0222. The summed E-state index contributed by atoms with van der Waals surface area (Å²) in [5, 5.41) is 2.80. The van der Waals surface area contributed by atoms with Gasteiger partial charge in [0.05, 0.1) is 10.5 Å². The van der Waals surface area contributed by atoms with Crippen molar-refractivity contribution in [3.05, 3.63) is 64.1 Å². The van der Waals surface area contributed by atoms with Gasteiger partial charge in [0.15, 0.2) is 0 Å². The number of hydrogen-bond donors (Lipinski definition) is 2. The van der Waals surface area contributed by atoms with Gasteiger partial charge in [-0.25, -0.2) is 13.1 Å². The largest absolute Gasteiger partial charge is 0.348 e. The van der Waals surface area contributed by atoms with E-state index in [4.69, 9.17) is 0 Å². The Hall–Kier alpha value is -1.70. The molecule has 7 heteroatoms. The number of nitrogens with one attached hydrogen (secondary N) is 2. The SMILES string of the molecule is O=C(NCc1ccccc1)c1cc(S(=O)(=O)NC2CC2)ccc1Br. The van der Waals surface area contributed by atoms with Crippen LogP contribution in [0.4, 0.5) is 0 Å². The third-order valence-corrected chi connectivity index (χ3v) is 5.90. The third kappa shape index (κ3) is 4.23. The van der Waals surface area contributed by atoms with Crippen molar-refractivity contribution in [3.63, 3.8) is 0 Å². The van der Waals surface area contributed by atoms with Crippen LogP contribution in [0.5, 0.6) is 0 Å². The van der Waals surface area contributed by atoms with Crippen LogP contribution in [0.3, 0.4) is 0 Å². The molecule has 24 heavy (non-hydrogen) atoms. The zero-order valence-electron chi connectivity index (χ0n) is 12.8. The molecular weight excluding hydrogens is 392 g/mol. The molecule has 2 N–H and O–H groups in total. The van der Waals surface area contributed by atoms with Crippen molar-refractivity contribution in [2.45, 2.75) is 30.3 Å². The molecule has 1 amide bonds. The highest BCUT2D eigenvalue weighted by atomic mass is 79.9. The molecule has 0 heterocycles. The molecule has 0 radical (unpaired) electrons. The monoisotopic (exact) mass is 408 g/mol. The number of amides is 1. The highest BCUT2D eigenvalue weighted by Gasteiger charge is 2.28. The van der Waals surface area contributed by atoms with Gasteiger partial charge in [-0.3, -0.25) is 4.79 Å². The molecule has 1 aliphatic carbocycles. The number of halogens is 1. The van der Waals surface area contributed by atoms with Crippen molar-refractivity contribution in [1.29, 1.82) is 0 Å². The second kappa shape index (κ2) is 7.04. The number of carbonyl (C=O) groups excluding carboxylic acids is 1. The van der Waals surface area contributed by atoms with Crippen molar-refractivity contribution in [2.75, 3.05) is 0 Å². The Balaban J connectivity index is 1.76. The predicted molar refractivity (Wildman–Crippen MR) is 95.1 cm³/mol. The van der Waals surface area contributed by atoms with Crippen LogP contribution in [-0.4, -0.2) is 20.4 Å². The minimum atomic E-state index is -3.59. The highest BCUT2D eigenvalue weighted by molar-refractivity contribution is 9.10. The Morgan fingerprint density at radius 3 is 2.50 bits per heavy atom. The lowest BCUT2D eigenvalue weighted by Crippen LogP contribution is -2.27. The van der Waals surface area contributed by atoms with E-state index in [0.29, 0.717) is 16.6 Å². The van der Waals surface area contributed by atoms with Crippen molar-refractivity contribution < 1.29 is 13.2 Å². The maximum absolute atomic E-state index is 12.4. The van der Waals surface area contributed by atoms with Gasteiger partial charge >= 0.3 is 0 Å². The van der Waals surface area contributed by atoms with Gasteiger partial charge in [-0.15, -0.1) is 0 Å². The molecule has 0 unspecified atom stereocenters. The maximum Gasteiger partial charge on any atom is 0.252 e. The fourth-order valence-corrected chi connectivity index (χ4v) is 3.97.